The maximum atomic E-state index is 10.9. The first-order valence-electron chi connectivity index (χ1n) is 5.08. The van der Waals surface area contributed by atoms with E-state index < -0.39 is 10.5 Å². The molecule has 0 aliphatic heterocycles. The summed E-state index contributed by atoms with van der Waals surface area (Å²) in [4.78, 5) is 12.0. The second-order valence-corrected chi connectivity index (χ2v) is 5.00. The monoisotopic (exact) mass is 258 g/mol. The van der Waals surface area contributed by atoms with Crippen LogP contribution in [0.1, 0.15) is 13.8 Å². The number of hydrogen-bond donors (Lipinski definition) is 1. The van der Waals surface area contributed by atoms with E-state index in [9.17, 15) is 15.2 Å². The third kappa shape index (κ3) is 3.87. The fourth-order valence-corrected chi connectivity index (χ4v) is 1.79. The van der Waals surface area contributed by atoms with Crippen molar-refractivity contribution in [2.24, 2.45) is 0 Å². The summed E-state index contributed by atoms with van der Waals surface area (Å²) < 4.78 is 0. The minimum absolute atomic E-state index is 0.0267. The van der Waals surface area contributed by atoms with Crippen molar-refractivity contribution in [1.29, 1.82) is 0 Å². The minimum atomic E-state index is -0.940. The van der Waals surface area contributed by atoms with Gasteiger partial charge < -0.3 is 10.0 Å². The highest BCUT2D eigenvalue weighted by atomic mass is 35.5. The Morgan fingerprint density at radius 3 is 2.59 bits per heavy atom. The van der Waals surface area contributed by atoms with Crippen molar-refractivity contribution in [3.8, 4) is 0 Å². The van der Waals surface area contributed by atoms with Crippen molar-refractivity contribution < 1.29 is 10.0 Å². The maximum Gasteiger partial charge on any atom is 0.292 e. The second-order valence-electron chi connectivity index (χ2n) is 4.56. The number of nitrogens with zero attached hydrogens (tertiary/aromatic N) is 2. The van der Waals surface area contributed by atoms with E-state index in [4.69, 9.17) is 11.6 Å². The van der Waals surface area contributed by atoms with Crippen molar-refractivity contribution in [3.63, 3.8) is 0 Å². The molecule has 0 aromatic heterocycles. The van der Waals surface area contributed by atoms with E-state index in [0.29, 0.717) is 10.7 Å². The van der Waals surface area contributed by atoms with Crippen molar-refractivity contribution in [3.05, 3.63) is 33.3 Å². The zero-order chi connectivity index (χ0) is 13.2. The molecule has 0 saturated heterocycles. The number of benzene rings is 1. The summed E-state index contributed by atoms with van der Waals surface area (Å²) in [6.45, 7) is 3.55. The molecule has 1 aromatic rings. The highest BCUT2D eigenvalue weighted by Crippen LogP contribution is 2.30. The number of rotatable bonds is 4. The lowest BCUT2D eigenvalue weighted by atomic mass is 10.1. The van der Waals surface area contributed by atoms with Crippen molar-refractivity contribution in [1.82, 2.24) is 0 Å². The normalized spacial score (nSPS) is 11.4. The Balaban J connectivity index is 3.10. The summed E-state index contributed by atoms with van der Waals surface area (Å²) >= 11 is 5.83. The fourth-order valence-electron chi connectivity index (χ4n) is 1.62. The topological polar surface area (TPSA) is 66.6 Å². The van der Waals surface area contributed by atoms with Gasteiger partial charge in [0.25, 0.3) is 5.69 Å². The summed E-state index contributed by atoms with van der Waals surface area (Å²) in [5, 5.41) is 21.0. The Morgan fingerprint density at radius 1 is 1.53 bits per heavy atom. The molecule has 0 atom stereocenters. The molecule has 0 heterocycles. The molecule has 0 bridgehead atoms. The van der Waals surface area contributed by atoms with Gasteiger partial charge in [-0.25, -0.2) is 0 Å². The quantitative estimate of drug-likeness (QED) is 0.665. The standard InChI is InChI=1S/C11H15ClN2O3/c1-11(2,15)7-13(3)10-6-8(12)4-5-9(10)14(16)17/h4-6,15H,7H2,1-3H3. The first-order valence-corrected chi connectivity index (χ1v) is 5.46. The molecule has 0 aliphatic rings. The van der Waals surface area contributed by atoms with E-state index in [1.54, 1.807) is 25.8 Å². The summed E-state index contributed by atoms with van der Waals surface area (Å²) in [7, 11) is 1.68. The number of likely N-dealkylation sites (N-methyl/N-ethyl adjacent to an activating group) is 1. The van der Waals surface area contributed by atoms with Gasteiger partial charge in [0.05, 0.1) is 10.5 Å². The van der Waals surface area contributed by atoms with Crippen molar-refractivity contribution >= 4 is 23.0 Å². The van der Waals surface area contributed by atoms with Gasteiger partial charge in [-0.2, -0.15) is 0 Å². The first kappa shape index (κ1) is 13.7. The smallest absolute Gasteiger partial charge is 0.292 e. The molecule has 6 heteroatoms. The lowest BCUT2D eigenvalue weighted by molar-refractivity contribution is -0.384. The Morgan fingerprint density at radius 2 is 2.12 bits per heavy atom. The Labute approximate surface area is 105 Å². The van der Waals surface area contributed by atoms with Gasteiger partial charge >= 0.3 is 0 Å². The number of nitro groups is 1. The molecule has 0 amide bonds. The summed E-state index contributed by atoms with van der Waals surface area (Å²) in [5.41, 5.74) is -0.573. The van der Waals surface area contributed by atoms with Gasteiger partial charge in [0.15, 0.2) is 0 Å². The molecule has 1 N–H and O–H groups in total. The molecule has 94 valence electrons. The fraction of sp³-hybridized carbons (Fsp3) is 0.455. The lowest BCUT2D eigenvalue weighted by Crippen LogP contribution is -2.36. The van der Waals surface area contributed by atoms with Crippen LogP contribution in [0.5, 0.6) is 0 Å². The number of nitro benzene ring substituents is 1. The van der Waals surface area contributed by atoms with Crippen LogP contribution >= 0.6 is 11.6 Å². The second kappa shape index (κ2) is 4.89. The molecule has 0 radical (unpaired) electrons. The maximum absolute atomic E-state index is 10.9. The largest absolute Gasteiger partial charge is 0.389 e. The Bertz CT molecular complexity index is 429. The first-order chi connectivity index (χ1) is 7.70. The van der Waals surface area contributed by atoms with E-state index in [1.807, 2.05) is 0 Å². The summed E-state index contributed by atoms with van der Waals surface area (Å²) in [5.74, 6) is 0. The zero-order valence-corrected chi connectivity index (χ0v) is 10.7. The summed E-state index contributed by atoms with van der Waals surface area (Å²) in [6, 6.07) is 4.35. The number of anilines is 1. The van der Waals surface area contributed by atoms with Crippen molar-refractivity contribution in [2.75, 3.05) is 18.5 Å². The van der Waals surface area contributed by atoms with Gasteiger partial charge in [-0.3, -0.25) is 10.1 Å². The molecule has 1 aromatic carbocycles. The Kier molecular flexibility index (Phi) is 3.95. The van der Waals surface area contributed by atoms with Crippen LogP contribution in [-0.2, 0) is 0 Å². The van der Waals surface area contributed by atoms with Crippen LogP contribution in [0.15, 0.2) is 18.2 Å². The number of halogens is 1. The van der Waals surface area contributed by atoms with Crippen LogP contribution in [0.4, 0.5) is 11.4 Å². The van der Waals surface area contributed by atoms with Crippen LogP contribution in [0.25, 0.3) is 0 Å². The average Bonchev–Trinajstić information content (AvgIpc) is 2.14. The van der Waals surface area contributed by atoms with E-state index >= 15 is 0 Å². The van der Waals surface area contributed by atoms with Crippen LogP contribution in [0.3, 0.4) is 0 Å². The lowest BCUT2D eigenvalue weighted by Gasteiger charge is -2.27. The van der Waals surface area contributed by atoms with Gasteiger partial charge in [-0.15, -0.1) is 0 Å². The molecule has 1 rings (SSSR count). The van der Waals surface area contributed by atoms with E-state index in [1.165, 1.54) is 18.2 Å². The number of hydrogen-bond acceptors (Lipinski definition) is 4. The van der Waals surface area contributed by atoms with Crippen LogP contribution in [0.2, 0.25) is 5.02 Å². The predicted octanol–water partition coefficient (Wildman–Crippen LogP) is 2.46. The van der Waals surface area contributed by atoms with Gasteiger partial charge in [0, 0.05) is 24.7 Å². The van der Waals surface area contributed by atoms with Gasteiger partial charge in [0.1, 0.15) is 5.69 Å². The minimum Gasteiger partial charge on any atom is -0.389 e. The van der Waals surface area contributed by atoms with Gasteiger partial charge in [-0.05, 0) is 26.0 Å². The highest BCUT2D eigenvalue weighted by Gasteiger charge is 2.22. The predicted molar refractivity (Wildman–Crippen MR) is 67.7 cm³/mol. The molecule has 0 fully saturated rings. The SMILES string of the molecule is CN(CC(C)(C)O)c1cc(Cl)ccc1[N+](=O)[O-]. The average molecular weight is 259 g/mol. The summed E-state index contributed by atoms with van der Waals surface area (Å²) in [6.07, 6.45) is 0. The molecule has 0 aliphatic carbocycles. The molecule has 0 spiro atoms. The molecule has 0 saturated carbocycles. The highest BCUT2D eigenvalue weighted by molar-refractivity contribution is 6.31. The zero-order valence-electron chi connectivity index (χ0n) is 9.98. The third-order valence-corrected chi connectivity index (χ3v) is 2.40. The number of aliphatic hydroxyl groups is 1. The molecule has 5 nitrogen and oxygen atoms in total. The van der Waals surface area contributed by atoms with Crippen LogP contribution in [0, 0.1) is 10.1 Å². The Hall–Kier alpha value is -1.33. The molecular weight excluding hydrogens is 244 g/mol. The van der Waals surface area contributed by atoms with Gasteiger partial charge in [-0.1, -0.05) is 11.6 Å². The van der Waals surface area contributed by atoms with Crippen molar-refractivity contribution in [2.45, 2.75) is 19.4 Å². The van der Waals surface area contributed by atoms with E-state index in [2.05, 4.69) is 0 Å². The van der Waals surface area contributed by atoms with Crippen LogP contribution in [-0.4, -0.2) is 29.2 Å². The van der Waals surface area contributed by atoms with E-state index in [-0.39, 0.29) is 12.2 Å². The van der Waals surface area contributed by atoms with Gasteiger partial charge in [0.2, 0.25) is 0 Å². The van der Waals surface area contributed by atoms with E-state index in [0.717, 1.165) is 0 Å². The molecule has 0 unspecified atom stereocenters. The molecular formula is C11H15ClN2O3. The van der Waals surface area contributed by atoms with Crippen LogP contribution < -0.4 is 4.90 Å². The molecule has 17 heavy (non-hydrogen) atoms. The third-order valence-electron chi connectivity index (χ3n) is 2.17.